The first-order valence-corrected chi connectivity index (χ1v) is 8.16. The molecule has 0 heterocycles. The van der Waals surface area contributed by atoms with Gasteiger partial charge in [0.05, 0.1) is 0 Å². The van der Waals surface area contributed by atoms with E-state index in [0.717, 1.165) is 22.9 Å². The van der Waals surface area contributed by atoms with Crippen molar-refractivity contribution < 1.29 is 26.2 Å². The first-order valence-electron chi connectivity index (χ1n) is 4.90. The van der Waals surface area contributed by atoms with Gasteiger partial charge in [-0.1, -0.05) is 47.5 Å². The number of hydrogen-bond acceptors (Lipinski definition) is 0. The standard InChI is InChI=1S/C11H11Cl3Si.Zr/c12-7-15(10-5-1-3-8(10)13)11-6-2-4-9(11)14;/h1-2,5-6,15H,3-4,7H2;. The molecular formula is C11H11Cl3SiZr. The molecule has 0 amide bonds. The summed E-state index contributed by atoms with van der Waals surface area (Å²) in [6, 6.07) is 0. The van der Waals surface area contributed by atoms with E-state index < -0.39 is 8.80 Å². The molecule has 0 atom stereocenters. The zero-order valence-corrected chi connectivity index (χ0v) is 14.5. The van der Waals surface area contributed by atoms with E-state index in [1.807, 2.05) is 0 Å². The molecule has 2 aliphatic rings. The van der Waals surface area contributed by atoms with Crippen LogP contribution in [0.3, 0.4) is 0 Å². The molecule has 5 heteroatoms. The van der Waals surface area contributed by atoms with Gasteiger partial charge in [0.25, 0.3) is 0 Å². The van der Waals surface area contributed by atoms with Crippen molar-refractivity contribution in [3.63, 3.8) is 0 Å². The molecule has 0 aromatic carbocycles. The fourth-order valence-electron chi connectivity index (χ4n) is 1.94. The molecule has 0 spiro atoms. The summed E-state index contributed by atoms with van der Waals surface area (Å²) in [6.45, 7) is 0. The van der Waals surface area contributed by atoms with Gasteiger partial charge in [0, 0.05) is 54.6 Å². The van der Waals surface area contributed by atoms with Crippen LogP contribution in [0.25, 0.3) is 0 Å². The predicted molar refractivity (Wildman–Crippen MR) is 71.1 cm³/mol. The maximum absolute atomic E-state index is 6.18. The maximum atomic E-state index is 6.18. The summed E-state index contributed by atoms with van der Waals surface area (Å²) in [5, 5.41) is 4.41. The van der Waals surface area contributed by atoms with E-state index >= 15 is 0 Å². The van der Waals surface area contributed by atoms with E-state index in [1.165, 1.54) is 10.4 Å². The van der Waals surface area contributed by atoms with Crippen molar-refractivity contribution in [2.24, 2.45) is 0 Å². The summed E-state index contributed by atoms with van der Waals surface area (Å²) >= 11 is 18.4. The molecule has 0 nitrogen and oxygen atoms in total. The molecule has 0 bridgehead atoms. The van der Waals surface area contributed by atoms with Gasteiger partial charge in [-0.15, -0.1) is 11.6 Å². The van der Waals surface area contributed by atoms with E-state index in [9.17, 15) is 0 Å². The molecule has 0 unspecified atom stereocenters. The van der Waals surface area contributed by atoms with Gasteiger partial charge in [-0.2, -0.15) is 0 Å². The van der Waals surface area contributed by atoms with Crippen LogP contribution in [0.15, 0.2) is 44.8 Å². The van der Waals surface area contributed by atoms with E-state index in [1.54, 1.807) is 0 Å². The van der Waals surface area contributed by atoms with Crippen LogP contribution < -0.4 is 0 Å². The third-order valence-corrected chi connectivity index (χ3v) is 7.65. The SMILES string of the molecule is ClC[SiH](C1=C(Cl)CC=C1)C1=C(Cl)CC=C1.[Zr]. The van der Waals surface area contributed by atoms with Crippen LogP contribution in [0.2, 0.25) is 0 Å². The van der Waals surface area contributed by atoms with Gasteiger partial charge in [0.15, 0.2) is 0 Å². The van der Waals surface area contributed by atoms with Crippen molar-refractivity contribution in [3.05, 3.63) is 44.8 Å². The molecule has 0 N–H and O–H groups in total. The van der Waals surface area contributed by atoms with Gasteiger partial charge < -0.3 is 0 Å². The number of hydrogen-bond donors (Lipinski definition) is 0. The van der Waals surface area contributed by atoms with Crippen LogP contribution >= 0.6 is 34.8 Å². The summed E-state index contributed by atoms with van der Waals surface area (Å²) in [4.78, 5) is 0. The Balaban J connectivity index is 0.00000128. The fraction of sp³-hybridized carbons (Fsp3) is 0.273. The topological polar surface area (TPSA) is 0 Å². The smallest absolute Gasteiger partial charge is 0.120 e. The number of allylic oxidation sites excluding steroid dienone is 8. The Bertz CT molecular complexity index is 360. The average molecular weight is 369 g/mol. The summed E-state index contributed by atoms with van der Waals surface area (Å²) in [7, 11) is -1.35. The molecule has 0 aromatic heterocycles. The van der Waals surface area contributed by atoms with E-state index in [2.05, 4.69) is 24.3 Å². The molecule has 0 saturated carbocycles. The Labute approximate surface area is 132 Å². The summed E-state index contributed by atoms with van der Waals surface area (Å²) < 4.78 is 0. The zero-order chi connectivity index (χ0) is 10.8. The van der Waals surface area contributed by atoms with Crippen LogP contribution in [0.5, 0.6) is 0 Å². The van der Waals surface area contributed by atoms with Gasteiger partial charge >= 0.3 is 0 Å². The van der Waals surface area contributed by atoms with Crippen LogP contribution in [-0.4, -0.2) is 14.3 Å². The molecule has 2 rings (SSSR count). The monoisotopic (exact) mass is 366 g/mol. The van der Waals surface area contributed by atoms with Crippen LogP contribution in [-0.2, 0) is 26.2 Å². The Hall–Kier alpha value is 0.930. The second kappa shape index (κ2) is 6.75. The second-order valence-corrected chi connectivity index (χ2v) is 8.14. The first kappa shape index (κ1) is 15.0. The van der Waals surface area contributed by atoms with Gasteiger partial charge in [-0.25, -0.2) is 0 Å². The molecule has 0 aliphatic heterocycles. The fourth-order valence-corrected chi connectivity index (χ4v) is 6.43. The van der Waals surface area contributed by atoms with Crippen molar-refractivity contribution in [2.75, 3.05) is 5.50 Å². The van der Waals surface area contributed by atoms with Crippen LogP contribution in [0.4, 0.5) is 0 Å². The summed E-state index contributed by atoms with van der Waals surface area (Å²) in [5.41, 5.74) is 0.659. The Kier molecular flexibility index (Phi) is 6.33. The van der Waals surface area contributed by atoms with E-state index in [0.29, 0.717) is 5.50 Å². The molecule has 0 radical (unpaired) electrons. The largest absolute Gasteiger partial charge is 0.130 e. The molecule has 2 aliphatic carbocycles. The average Bonchev–Trinajstić information content (AvgIpc) is 2.80. The predicted octanol–water partition coefficient (Wildman–Crippen LogP) is 3.97. The van der Waals surface area contributed by atoms with Crippen molar-refractivity contribution in [3.8, 4) is 0 Å². The summed E-state index contributed by atoms with van der Waals surface area (Å²) in [5.74, 6) is 0. The first-order chi connectivity index (χ1) is 7.24. The summed E-state index contributed by atoms with van der Waals surface area (Å²) in [6.07, 6.45) is 10.1. The maximum Gasteiger partial charge on any atom is 0.120 e. The minimum atomic E-state index is -1.35. The Morgan fingerprint density at radius 3 is 1.69 bits per heavy atom. The minimum Gasteiger partial charge on any atom is -0.130 e. The van der Waals surface area contributed by atoms with Gasteiger partial charge in [0.1, 0.15) is 8.80 Å². The number of alkyl halides is 1. The molecule has 0 saturated heterocycles. The third kappa shape index (κ3) is 3.03. The van der Waals surface area contributed by atoms with Crippen molar-refractivity contribution in [1.82, 2.24) is 0 Å². The van der Waals surface area contributed by atoms with E-state index in [-0.39, 0.29) is 26.2 Å². The number of rotatable bonds is 3. The molecule has 16 heavy (non-hydrogen) atoms. The second-order valence-electron chi connectivity index (χ2n) is 3.64. The minimum absolute atomic E-state index is 0. The van der Waals surface area contributed by atoms with Crippen LogP contribution in [0.1, 0.15) is 12.8 Å². The van der Waals surface area contributed by atoms with Crippen LogP contribution in [0, 0.1) is 0 Å². The Morgan fingerprint density at radius 1 is 1.00 bits per heavy atom. The van der Waals surface area contributed by atoms with Gasteiger partial charge in [-0.3, -0.25) is 0 Å². The van der Waals surface area contributed by atoms with Crippen molar-refractivity contribution >= 4 is 43.6 Å². The molecule has 0 aromatic rings. The van der Waals surface area contributed by atoms with Crippen molar-refractivity contribution in [1.29, 1.82) is 0 Å². The van der Waals surface area contributed by atoms with Gasteiger partial charge in [-0.05, 0) is 10.4 Å². The zero-order valence-electron chi connectivity index (χ0n) is 8.64. The quantitative estimate of drug-likeness (QED) is 0.522. The Morgan fingerprint density at radius 2 is 1.44 bits per heavy atom. The molecular weight excluding hydrogens is 358 g/mol. The normalized spacial score (nSPS) is 19.0. The number of halogens is 3. The van der Waals surface area contributed by atoms with Crippen molar-refractivity contribution in [2.45, 2.75) is 12.8 Å². The molecule has 84 valence electrons. The third-order valence-electron chi connectivity index (χ3n) is 2.72. The molecule has 0 fully saturated rings. The van der Waals surface area contributed by atoms with E-state index in [4.69, 9.17) is 34.8 Å². The van der Waals surface area contributed by atoms with Gasteiger partial charge in [0.2, 0.25) is 0 Å².